The van der Waals surface area contributed by atoms with Gasteiger partial charge in [0.05, 0.1) is 18.4 Å². The first-order chi connectivity index (χ1) is 9.79. The summed E-state index contributed by atoms with van der Waals surface area (Å²) in [6, 6.07) is 9.09. The lowest BCUT2D eigenvalue weighted by atomic mass is 9.92. The van der Waals surface area contributed by atoms with Crippen molar-refractivity contribution in [3.63, 3.8) is 0 Å². The lowest BCUT2D eigenvalue weighted by Crippen LogP contribution is -2.43. The van der Waals surface area contributed by atoms with E-state index < -0.39 is 5.41 Å². The van der Waals surface area contributed by atoms with Crippen LogP contribution in [-0.4, -0.2) is 25.5 Å². The highest BCUT2D eigenvalue weighted by atomic mass is 16.5. The van der Waals surface area contributed by atoms with E-state index in [1.165, 1.54) is 7.11 Å². The van der Waals surface area contributed by atoms with Gasteiger partial charge in [-0.05, 0) is 19.4 Å². The van der Waals surface area contributed by atoms with E-state index in [4.69, 9.17) is 10.5 Å². The number of rotatable bonds is 6. The topological polar surface area (TPSA) is 81.4 Å². The van der Waals surface area contributed by atoms with E-state index in [-0.39, 0.29) is 30.4 Å². The van der Waals surface area contributed by atoms with E-state index in [2.05, 4.69) is 5.32 Å². The SMILES string of the molecule is COC(=O)C(C)(C)CNC(=O)C(C)C(N)c1ccccc1. The maximum absolute atomic E-state index is 12.2. The van der Waals surface area contributed by atoms with E-state index in [0.29, 0.717) is 0 Å². The molecular weight excluding hydrogens is 268 g/mol. The summed E-state index contributed by atoms with van der Waals surface area (Å²) in [6.07, 6.45) is 0. The summed E-state index contributed by atoms with van der Waals surface area (Å²) in [4.78, 5) is 23.7. The summed E-state index contributed by atoms with van der Waals surface area (Å²) in [7, 11) is 1.33. The van der Waals surface area contributed by atoms with Gasteiger partial charge < -0.3 is 15.8 Å². The van der Waals surface area contributed by atoms with Crippen molar-refractivity contribution in [1.82, 2.24) is 5.32 Å². The lowest BCUT2D eigenvalue weighted by Gasteiger charge is -2.24. The average molecular weight is 292 g/mol. The molecule has 1 amide bonds. The van der Waals surface area contributed by atoms with Crippen molar-refractivity contribution in [2.75, 3.05) is 13.7 Å². The minimum atomic E-state index is -0.763. The van der Waals surface area contributed by atoms with Crippen molar-refractivity contribution in [2.24, 2.45) is 17.1 Å². The quantitative estimate of drug-likeness (QED) is 0.781. The highest BCUT2D eigenvalue weighted by Gasteiger charge is 2.30. The number of hydrogen-bond donors (Lipinski definition) is 2. The maximum Gasteiger partial charge on any atom is 0.313 e. The van der Waals surface area contributed by atoms with E-state index in [1.54, 1.807) is 20.8 Å². The fourth-order valence-electron chi connectivity index (χ4n) is 1.94. The molecule has 0 heterocycles. The molecule has 3 N–H and O–H groups in total. The fourth-order valence-corrected chi connectivity index (χ4v) is 1.94. The second kappa shape index (κ2) is 7.22. The zero-order valence-electron chi connectivity index (χ0n) is 13.1. The molecule has 2 atom stereocenters. The number of nitrogens with one attached hydrogen (secondary N) is 1. The highest BCUT2D eigenvalue weighted by Crippen LogP contribution is 2.20. The first-order valence-corrected chi connectivity index (χ1v) is 6.96. The van der Waals surface area contributed by atoms with Crippen LogP contribution >= 0.6 is 0 Å². The number of ether oxygens (including phenoxy) is 1. The zero-order chi connectivity index (χ0) is 16.0. The summed E-state index contributed by atoms with van der Waals surface area (Å²) in [5.74, 6) is -0.924. The Morgan fingerprint density at radius 1 is 1.29 bits per heavy atom. The molecule has 0 aliphatic heterocycles. The Hall–Kier alpha value is -1.88. The monoisotopic (exact) mass is 292 g/mol. The first-order valence-electron chi connectivity index (χ1n) is 6.96. The molecule has 0 spiro atoms. The van der Waals surface area contributed by atoms with Crippen LogP contribution < -0.4 is 11.1 Å². The third kappa shape index (κ3) is 4.56. The van der Waals surface area contributed by atoms with Crippen molar-refractivity contribution in [1.29, 1.82) is 0 Å². The zero-order valence-corrected chi connectivity index (χ0v) is 13.1. The predicted molar refractivity (Wildman–Crippen MR) is 81.3 cm³/mol. The van der Waals surface area contributed by atoms with Gasteiger partial charge in [-0.15, -0.1) is 0 Å². The summed E-state index contributed by atoms with van der Waals surface area (Å²) in [6.45, 7) is 5.43. The van der Waals surface area contributed by atoms with Crippen molar-refractivity contribution in [3.05, 3.63) is 35.9 Å². The second-order valence-electron chi connectivity index (χ2n) is 5.82. The van der Waals surface area contributed by atoms with Crippen LogP contribution in [0.2, 0.25) is 0 Å². The Labute approximate surface area is 125 Å². The Morgan fingerprint density at radius 3 is 2.38 bits per heavy atom. The number of nitrogens with two attached hydrogens (primary N) is 1. The summed E-state index contributed by atoms with van der Waals surface area (Å²) in [5, 5.41) is 2.77. The number of amides is 1. The van der Waals surface area contributed by atoms with E-state index in [0.717, 1.165) is 5.56 Å². The maximum atomic E-state index is 12.2. The van der Waals surface area contributed by atoms with Gasteiger partial charge in [0, 0.05) is 12.6 Å². The minimum Gasteiger partial charge on any atom is -0.469 e. The molecule has 5 nitrogen and oxygen atoms in total. The Kier molecular flexibility index (Phi) is 5.90. The molecule has 21 heavy (non-hydrogen) atoms. The Morgan fingerprint density at radius 2 is 1.86 bits per heavy atom. The van der Waals surface area contributed by atoms with Gasteiger partial charge in [-0.1, -0.05) is 37.3 Å². The number of carbonyl (C=O) groups excluding carboxylic acids is 2. The largest absolute Gasteiger partial charge is 0.469 e. The fraction of sp³-hybridized carbons (Fsp3) is 0.500. The van der Waals surface area contributed by atoms with Gasteiger partial charge in [0.15, 0.2) is 0 Å². The number of benzene rings is 1. The van der Waals surface area contributed by atoms with Crippen molar-refractivity contribution in [2.45, 2.75) is 26.8 Å². The standard InChI is InChI=1S/C16H24N2O3/c1-11(13(17)12-8-6-5-7-9-12)14(19)18-10-16(2,3)15(20)21-4/h5-9,11,13H,10,17H2,1-4H3,(H,18,19). The molecule has 0 aromatic heterocycles. The van der Waals surface area contributed by atoms with E-state index >= 15 is 0 Å². The van der Waals surface area contributed by atoms with Crippen LogP contribution in [0.4, 0.5) is 0 Å². The molecule has 1 aromatic carbocycles. The molecule has 0 aliphatic rings. The third-order valence-electron chi connectivity index (χ3n) is 3.58. The normalized spacial score (nSPS) is 14.1. The van der Waals surface area contributed by atoms with Crippen LogP contribution in [0, 0.1) is 11.3 Å². The van der Waals surface area contributed by atoms with Crippen LogP contribution in [-0.2, 0) is 14.3 Å². The van der Waals surface area contributed by atoms with Crippen LogP contribution in [0.5, 0.6) is 0 Å². The Bertz CT molecular complexity index is 486. The molecule has 0 saturated carbocycles. The number of carbonyl (C=O) groups is 2. The predicted octanol–water partition coefficient (Wildman–Crippen LogP) is 1.64. The van der Waals surface area contributed by atoms with Gasteiger partial charge in [0.1, 0.15) is 0 Å². The molecule has 1 aromatic rings. The highest BCUT2D eigenvalue weighted by molar-refractivity contribution is 5.81. The summed E-state index contributed by atoms with van der Waals surface area (Å²) >= 11 is 0. The first kappa shape index (κ1) is 17.2. The summed E-state index contributed by atoms with van der Waals surface area (Å²) < 4.78 is 4.71. The van der Waals surface area contributed by atoms with Crippen LogP contribution in [0.3, 0.4) is 0 Å². The van der Waals surface area contributed by atoms with Gasteiger partial charge in [-0.3, -0.25) is 9.59 Å². The molecule has 0 radical (unpaired) electrons. The smallest absolute Gasteiger partial charge is 0.313 e. The number of hydrogen-bond acceptors (Lipinski definition) is 4. The molecular formula is C16H24N2O3. The van der Waals surface area contributed by atoms with E-state index in [1.807, 2.05) is 30.3 Å². The Balaban J connectivity index is 2.61. The van der Waals surface area contributed by atoms with Crippen LogP contribution in [0.1, 0.15) is 32.4 Å². The molecule has 2 unspecified atom stereocenters. The third-order valence-corrected chi connectivity index (χ3v) is 3.58. The molecule has 1 rings (SSSR count). The molecule has 116 valence electrons. The molecule has 0 aliphatic carbocycles. The minimum absolute atomic E-state index is 0.177. The number of methoxy groups -OCH3 is 1. The van der Waals surface area contributed by atoms with E-state index in [9.17, 15) is 9.59 Å². The molecule has 5 heteroatoms. The van der Waals surface area contributed by atoms with Crippen molar-refractivity contribution >= 4 is 11.9 Å². The lowest BCUT2D eigenvalue weighted by molar-refractivity contribution is -0.150. The van der Waals surface area contributed by atoms with Gasteiger partial charge in [0.2, 0.25) is 5.91 Å². The second-order valence-corrected chi connectivity index (χ2v) is 5.82. The molecule has 0 fully saturated rings. The number of esters is 1. The average Bonchev–Trinajstić information content (AvgIpc) is 2.51. The van der Waals surface area contributed by atoms with Crippen molar-refractivity contribution < 1.29 is 14.3 Å². The van der Waals surface area contributed by atoms with Crippen LogP contribution in [0.25, 0.3) is 0 Å². The van der Waals surface area contributed by atoms with Gasteiger partial charge in [0.25, 0.3) is 0 Å². The molecule has 0 saturated heterocycles. The van der Waals surface area contributed by atoms with Gasteiger partial charge >= 0.3 is 5.97 Å². The van der Waals surface area contributed by atoms with Gasteiger partial charge in [-0.25, -0.2) is 0 Å². The van der Waals surface area contributed by atoms with Crippen molar-refractivity contribution in [3.8, 4) is 0 Å². The van der Waals surface area contributed by atoms with Gasteiger partial charge in [-0.2, -0.15) is 0 Å². The molecule has 0 bridgehead atoms. The van der Waals surface area contributed by atoms with Crippen LogP contribution in [0.15, 0.2) is 30.3 Å². The summed E-state index contributed by atoms with van der Waals surface area (Å²) in [5.41, 5.74) is 6.26.